The van der Waals surface area contributed by atoms with Crippen molar-refractivity contribution >= 4 is 17.0 Å². The minimum absolute atomic E-state index is 0.0670. The average molecular weight is 285 g/mol. The maximum Gasteiger partial charge on any atom is 0.222 e. The molecule has 0 fully saturated rings. The van der Waals surface area contributed by atoms with Crippen molar-refractivity contribution in [3.63, 3.8) is 0 Å². The first-order valence-corrected chi connectivity index (χ1v) is 6.66. The molecule has 7 heteroatoms. The standard InChI is InChI=1S/C14H15N5O2/c1-10-3-2-4-11-14(10)18-13(21-11)7-15-12(20)5-6-19-8-16-17-9-19/h2-4,8-9H,5-7H2,1H3,(H,15,20). The Morgan fingerprint density at radius 1 is 1.33 bits per heavy atom. The lowest BCUT2D eigenvalue weighted by Gasteiger charge is -2.02. The van der Waals surface area contributed by atoms with E-state index < -0.39 is 0 Å². The van der Waals surface area contributed by atoms with Crippen LogP contribution in [0.5, 0.6) is 0 Å². The Bertz CT molecular complexity index is 748. The van der Waals surface area contributed by atoms with Crippen molar-refractivity contribution in [3.8, 4) is 0 Å². The zero-order chi connectivity index (χ0) is 14.7. The van der Waals surface area contributed by atoms with E-state index >= 15 is 0 Å². The molecule has 0 atom stereocenters. The summed E-state index contributed by atoms with van der Waals surface area (Å²) >= 11 is 0. The minimum Gasteiger partial charge on any atom is -0.439 e. The van der Waals surface area contributed by atoms with Gasteiger partial charge in [-0.1, -0.05) is 12.1 Å². The van der Waals surface area contributed by atoms with E-state index in [0.29, 0.717) is 18.9 Å². The molecule has 0 unspecified atom stereocenters. The number of carbonyl (C=O) groups is 1. The van der Waals surface area contributed by atoms with Crippen LogP contribution >= 0.6 is 0 Å². The molecule has 0 saturated carbocycles. The van der Waals surface area contributed by atoms with Crippen molar-refractivity contribution in [1.82, 2.24) is 25.1 Å². The number of benzene rings is 1. The van der Waals surface area contributed by atoms with E-state index in [1.807, 2.05) is 25.1 Å². The van der Waals surface area contributed by atoms with Gasteiger partial charge in [0, 0.05) is 13.0 Å². The van der Waals surface area contributed by atoms with E-state index in [-0.39, 0.29) is 12.5 Å². The van der Waals surface area contributed by atoms with Gasteiger partial charge in [0.2, 0.25) is 11.8 Å². The fraction of sp³-hybridized carbons (Fsp3) is 0.286. The van der Waals surface area contributed by atoms with Gasteiger partial charge >= 0.3 is 0 Å². The Morgan fingerprint density at radius 2 is 2.14 bits per heavy atom. The van der Waals surface area contributed by atoms with Crippen LogP contribution in [0.3, 0.4) is 0 Å². The first-order valence-electron chi connectivity index (χ1n) is 6.66. The van der Waals surface area contributed by atoms with Crippen molar-refractivity contribution in [3.05, 3.63) is 42.3 Å². The second kappa shape index (κ2) is 5.74. The number of fused-ring (bicyclic) bond motifs is 1. The van der Waals surface area contributed by atoms with Crippen LogP contribution in [0.15, 0.2) is 35.3 Å². The SMILES string of the molecule is Cc1cccc2oc(CNC(=O)CCn3cnnc3)nc12. The maximum atomic E-state index is 11.8. The molecule has 0 aliphatic carbocycles. The number of rotatable bonds is 5. The smallest absolute Gasteiger partial charge is 0.222 e. The van der Waals surface area contributed by atoms with Gasteiger partial charge in [0.15, 0.2) is 5.58 Å². The molecule has 1 N–H and O–H groups in total. The van der Waals surface area contributed by atoms with Crippen LogP contribution in [-0.2, 0) is 17.9 Å². The normalized spacial score (nSPS) is 10.9. The molecule has 0 bridgehead atoms. The highest BCUT2D eigenvalue weighted by Gasteiger charge is 2.09. The van der Waals surface area contributed by atoms with E-state index in [1.54, 1.807) is 17.2 Å². The van der Waals surface area contributed by atoms with E-state index in [2.05, 4.69) is 20.5 Å². The third-order valence-corrected chi connectivity index (χ3v) is 3.17. The van der Waals surface area contributed by atoms with Gasteiger partial charge in [0.25, 0.3) is 0 Å². The summed E-state index contributed by atoms with van der Waals surface area (Å²) in [6.45, 7) is 2.81. The largest absolute Gasteiger partial charge is 0.439 e. The lowest BCUT2D eigenvalue weighted by atomic mass is 10.2. The van der Waals surface area contributed by atoms with Gasteiger partial charge in [-0.2, -0.15) is 0 Å². The first-order chi connectivity index (χ1) is 10.2. The third-order valence-electron chi connectivity index (χ3n) is 3.17. The van der Waals surface area contributed by atoms with Crippen LogP contribution in [0.1, 0.15) is 17.9 Å². The molecular formula is C14H15N5O2. The van der Waals surface area contributed by atoms with Crippen molar-refractivity contribution in [2.24, 2.45) is 0 Å². The summed E-state index contributed by atoms with van der Waals surface area (Å²) < 4.78 is 7.35. The van der Waals surface area contributed by atoms with Gasteiger partial charge in [-0.3, -0.25) is 4.79 Å². The monoisotopic (exact) mass is 285 g/mol. The third kappa shape index (κ3) is 3.07. The Balaban J connectivity index is 1.56. The number of amides is 1. The van der Waals surface area contributed by atoms with Crippen LogP contribution in [0, 0.1) is 6.92 Å². The van der Waals surface area contributed by atoms with Crippen LogP contribution in [0.25, 0.3) is 11.1 Å². The van der Waals surface area contributed by atoms with Crippen molar-refractivity contribution in [2.45, 2.75) is 26.4 Å². The van der Waals surface area contributed by atoms with Gasteiger partial charge in [0.05, 0.1) is 6.54 Å². The molecule has 1 aromatic carbocycles. The molecule has 0 spiro atoms. The number of hydrogen-bond donors (Lipinski definition) is 1. The highest BCUT2D eigenvalue weighted by Crippen LogP contribution is 2.18. The number of aryl methyl sites for hydroxylation is 2. The summed E-state index contributed by atoms with van der Waals surface area (Å²) in [5, 5.41) is 10.2. The number of nitrogens with one attached hydrogen (secondary N) is 1. The summed E-state index contributed by atoms with van der Waals surface area (Å²) in [6.07, 6.45) is 3.52. The molecule has 21 heavy (non-hydrogen) atoms. The molecule has 3 aromatic rings. The summed E-state index contributed by atoms with van der Waals surface area (Å²) in [5.41, 5.74) is 2.64. The Morgan fingerprint density at radius 3 is 2.90 bits per heavy atom. The lowest BCUT2D eigenvalue weighted by Crippen LogP contribution is -2.23. The molecule has 7 nitrogen and oxygen atoms in total. The maximum absolute atomic E-state index is 11.8. The summed E-state index contributed by atoms with van der Waals surface area (Å²) in [5.74, 6) is 0.444. The fourth-order valence-corrected chi connectivity index (χ4v) is 2.04. The average Bonchev–Trinajstić information content (AvgIpc) is 3.12. The number of carbonyl (C=O) groups excluding carboxylic acids is 1. The molecule has 0 radical (unpaired) electrons. The zero-order valence-electron chi connectivity index (χ0n) is 11.6. The molecule has 0 aliphatic heterocycles. The number of para-hydroxylation sites is 1. The van der Waals surface area contributed by atoms with Crippen LogP contribution in [-0.4, -0.2) is 25.7 Å². The van der Waals surface area contributed by atoms with Crippen molar-refractivity contribution in [1.29, 1.82) is 0 Å². The second-order valence-corrected chi connectivity index (χ2v) is 4.76. The summed E-state index contributed by atoms with van der Waals surface area (Å²) in [7, 11) is 0. The van der Waals surface area contributed by atoms with E-state index in [1.165, 1.54) is 0 Å². The van der Waals surface area contributed by atoms with Crippen LogP contribution in [0.4, 0.5) is 0 Å². The lowest BCUT2D eigenvalue weighted by molar-refractivity contribution is -0.121. The first kappa shape index (κ1) is 13.3. The Hall–Kier alpha value is -2.70. The number of aromatic nitrogens is 4. The molecule has 2 heterocycles. The molecule has 0 saturated heterocycles. The molecule has 0 aliphatic rings. The Labute approximate surface area is 121 Å². The number of hydrogen-bond acceptors (Lipinski definition) is 5. The van der Waals surface area contributed by atoms with Gasteiger partial charge in [-0.15, -0.1) is 10.2 Å². The topological polar surface area (TPSA) is 85.8 Å². The van der Waals surface area contributed by atoms with Crippen LogP contribution in [0.2, 0.25) is 0 Å². The molecule has 3 rings (SSSR count). The van der Waals surface area contributed by atoms with E-state index in [9.17, 15) is 4.79 Å². The quantitative estimate of drug-likeness (QED) is 0.766. The van der Waals surface area contributed by atoms with E-state index in [4.69, 9.17) is 4.42 Å². The molecule has 2 aromatic heterocycles. The number of oxazole rings is 1. The minimum atomic E-state index is -0.0670. The molecule has 1 amide bonds. The van der Waals surface area contributed by atoms with Gasteiger partial charge in [-0.05, 0) is 18.6 Å². The fourth-order valence-electron chi connectivity index (χ4n) is 2.04. The van der Waals surface area contributed by atoms with Gasteiger partial charge in [-0.25, -0.2) is 4.98 Å². The molecular weight excluding hydrogens is 270 g/mol. The van der Waals surface area contributed by atoms with Crippen molar-refractivity contribution < 1.29 is 9.21 Å². The van der Waals surface area contributed by atoms with Gasteiger partial charge in [0.1, 0.15) is 18.2 Å². The number of nitrogens with zero attached hydrogens (tertiary/aromatic N) is 4. The zero-order valence-corrected chi connectivity index (χ0v) is 11.6. The Kier molecular flexibility index (Phi) is 3.63. The summed E-state index contributed by atoms with van der Waals surface area (Å²) in [6, 6.07) is 5.77. The predicted molar refractivity (Wildman–Crippen MR) is 75.2 cm³/mol. The van der Waals surface area contributed by atoms with E-state index in [0.717, 1.165) is 16.7 Å². The van der Waals surface area contributed by atoms with Crippen molar-refractivity contribution in [2.75, 3.05) is 0 Å². The second-order valence-electron chi connectivity index (χ2n) is 4.76. The molecule has 108 valence electrons. The van der Waals surface area contributed by atoms with Crippen LogP contribution < -0.4 is 5.32 Å². The van der Waals surface area contributed by atoms with Gasteiger partial charge < -0.3 is 14.3 Å². The highest BCUT2D eigenvalue weighted by atomic mass is 16.3. The highest BCUT2D eigenvalue weighted by molar-refractivity contribution is 5.77. The predicted octanol–water partition coefficient (Wildman–Crippen LogP) is 1.43. The summed E-state index contributed by atoms with van der Waals surface area (Å²) in [4.78, 5) is 16.1.